The van der Waals surface area contributed by atoms with Crippen LogP contribution in [0.5, 0.6) is 0 Å². The number of rotatable bonds is 3. The SMILES string of the molecule is CC(C)C=NNC(=O)c1ccc[n+](C)c1. The molecule has 0 aliphatic heterocycles. The van der Waals surface area contributed by atoms with Gasteiger partial charge >= 0.3 is 0 Å². The second-order valence-corrected chi connectivity index (χ2v) is 3.72. The minimum atomic E-state index is -0.192. The van der Waals surface area contributed by atoms with Gasteiger partial charge in [-0.25, -0.2) is 9.99 Å². The molecule has 80 valence electrons. The second-order valence-electron chi connectivity index (χ2n) is 3.72. The van der Waals surface area contributed by atoms with Crippen LogP contribution in [0.4, 0.5) is 0 Å². The first-order valence-electron chi connectivity index (χ1n) is 4.88. The van der Waals surface area contributed by atoms with Crippen LogP contribution in [0, 0.1) is 5.92 Å². The van der Waals surface area contributed by atoms with Crippen molar-refractivity contribution in [3.05, 3.63) is 30.1 Å². The summed E-state index contributed by atoms with van der Waals surface area (Å²) in [5.41, 5.74) is 3.07. The number of amides is 1. The van der Waals surface area contributed by atoms with Crippen LogP contribution in [-0.4, -0.2) is 12.1 Å². The Hall–Kier alpha value is -1.71. The van der Waals surface area contributed by atoms with E-state index in [0.29, 0.717) is 11.5 Å². The third-order valence-electron chi connectivity index (χ3n) is 1.74. The Kier molecular flexibility index (Phi) is 3.97. The van der Waals surface area contributed by atoms with E-state index >= 15 is 0 Å². The van der Waals surface area contributed by atoms with Crippen LogP contribution in [0.15, 0.2) is 29.6 Å². The van der Waals surface area contributed by atoms with Gasteiger partial charge in [-0.05, 0) is 12.0 Å². The lowest BCUT2D eigenvalue weighted by Crippen LogP contribution is -2.29. The van der Waals surface area contributed by atoms with E-state index in [-0.39, 0.29) is 5.91 Å². The lowest BCUT2D eigenvalue weighted by Gasteiger charge is -1.98. The van der Waals surface area contributed by atoms with Gasteiger partial charge in [0.1, 0.15) is 12.6 Å². The number of nitrogens with one attached hydrogen (secondary N) is 1. The van der Waals surface area contributed by atoms with E-state index in [0.717, 1.165) is 0 Å². The topological polar surface area (TPSA) is 45.3 Å². The summed E-state index contributed by atoms with van der Waals surface area (Å²) in [6.07, 6.45) is 5.31. The predicted octanol–water partition coefficient (Wildman–Crippen LogP) is 0.883. The average molecular weight is 206 g/mol. The quantitative estimate of drug-likeness (QED) is 0.445. The molecule has 0 unspecified atom stereocenters. The van der Waals surface area contributed by atoms with Gasteiger partial charge in [0.2, 0.25) is 0 Å². The first-order valence-corrected chi connectivity index (χ1v) is 4.88. The van der Waals surface area contributed by atoms with Crippen molar-refractivity contribution in [2.45, 2.75) is 13.8 Å². The van der Waals surface area contributed by atoms with Gasteiger partial charge in [-0.1, -0.05) is 13.8 Å². The lowest BCUT2D eigenvalue weighted by molar-refractivity contribution is -0.671. The summed E-state index contributed by atoms with van der Waals surface area (Å²) >= 11 is 0. The molecule has 0 fully saturated rings. The van der Waals surface area contributed by atoms with Crippen molar-refractivity contribution in [2.75, 3.05) is 0 Å². The number of carbonyl (C=O) groups excluding carboxylic acids is 1. The van der Waals surface area contributed by atoms with E-state index in [1.54, 1.807) is 18.5 Å². The molecule has 0 aromatic carbocycles. The number of nitrogens with zero attached hydrogens (tertiary/aromatic N) is 2. The number of hydrazone groups is 1. The van der Waals surface area contributed by atoms with Crippen molar-refractivity contribution in [1.82, 2.24) is 5.43 Å². The van der Waals surface area contributed by atoms with Gasteiger partial charge in [0.15, 0.2) is 12.4 Å². The van der Waals surface area contributed by atoms with Gasteiger partial charge in [0, 0.05) is 12.3 Å². The molecule has 0 aliphatic carbocycles. The molecule has 1 aromatic rings. The molecule has 1 amide bonds. The largest absolute Gasteiger partial charge is 0.277 e. The smallest absolute Gasteiger partial charge is 0.267 e. The van der Waals surface area contributed by atoms with E-state index in [1.807, 2.05) is 37.7 Å². The van der Waals surface area contributed by atoms with Gasteiger partial charge in [-0.3, -0.25) is 4.79 Å². The maximum absolute atomic E-state index is 11.5. The zero-order valence-corrected chi connectivity index (χ0v) is 9.27. The van der Waals surface area contributed by atoms with E-state index < -0.39 is 0 Å². The van der Waals surface area contributed by atoms with Gasteiger partial charge in [-0.15, -0.1) is 0 Å². The minimum absolute atomic E-state index is 0.192. The van der Waals surface area contributed by atoms with Crippen LogP contribution in [0.2, 0.25) is 0 Å². The van der Waals surface area contributed by atoms with Crippen LogP contribution >= 0.6 is 0 Å². The predicted molar refractivity (Wildman–Crippen MR) is 58.4 cm³/mol. The highest BCUT2D eigenvalue weighted by Crippen LogP contribution is 1.93. The third kappa shape index (κ3) is 3.89. The summed E-state index contributed by atoms with van der Waals surface area (Å²) in [6.45, 7) is 4.00. The van der Waals surface area contributed by atoms with Crippen molar-refractivity contribution in [2.24, 2.45) is 18.1 Å². The van der Waals surface area contributed by atoms with Crippen LogP contribution in [0.25, 0.3) is 0 Å². The summed E-state index contributed by atoms with van der Waals surface area (Å²) in [6, 6.07) is 3.57. The fraction of sp³-hybridized carbons (Fsp3) is 0.364. The van der Waals surface area contributed by atoms with Gasteiger partial charge in [0.05, 0.1) is 0 Å². The van der Waals surface area contributed by atoms with E-state index in [4.69, 9.17) is 0 Å². The van der Waals surface area contributed by atoms with Gasteiger partial charge < -0.3 is 0 Å². The molecule has 0 atom stereocenters. The van der Waals surface area contributed by atoms with Crippen LogP contribution < -0.4 is 9.99 Å². The molecule has 4 nitrogen and oxygen atoms in total. The maximum Gasteiger partial charge on any atom is 0.277 e. The molecule has 0 radical (unpaired) electrons. The number of aromatic nitrogens is 1. The van der Waals surface area contributed by atoms with Crippen LogP contribution in [0.3, 0.4) is 0 Å². The second kappa shape index (κ2) is 5.24. The molecule has 4 heteroatoms. The first-order chi connectivity index (χ1) is 7.09. The molecule has 0 spiro atoms. The molecular weight excluding hydrogens is 190 g/mol. The summed E-state index contributed by atoms with van der Waals surface area (Å²) < 4.78 is 1.82. The number of carbonyl (C=O) groups is 1. The highest BCUT2D eigenvalue weighted by molar-refractivity contribution is 5.93. The minimum Gasteiger partial charge on any atom is -0.267 e. The maximum atomic E-state index is 11.5. The Balaban J connectivity index is 2.62. The fourth-order valence-electron chi connectivity index (χ4n) is 1.03. The molecule has 1 N–H and O–H groups in total. The Morgan fingerprint density at radius 2 is 2.33 bits per heavy atom. The molecular formula is C11H16N3O+. The Morgan fingerprint density at radius 1 is 1.60 bits per heavy atom. The van der Waals surface area contributed by atoms with Crippen LogP contribution in [-0.2, 0) is 7.05 Å². The van der Waals surface area contributed by atoms with Crippen molar-refractivity contribution < 1.29 is 9.36 Å². The number of hydrogen-bond acceptors (Lipinski definition) is 2. The number of pyridine rings is 1. The molecule has 1 aromatic heterocycles. The molecule has 0 saturated heterocycles. The zero-order chi connectivity index (χ0) is 11.3. The van der Waals surface area contributed by atoms with E-state index in [2.05, 4.69) is 10.5 Å². The molecule has 0 saturated carbocycles. The fourth-order valence-corrected chi connectivity index (χ4v) is 1.03. The zero-order valence-electron chi connectivity index (χ0n) is 9.27. The molecule has 0 aliphatic rings. The third-order valence-corrected chi connectivity index (χ3v) is 1.74. The van der Waals surface area contributed by atoms with Crippen molar-refractivity contribution in [3.8, 4) is 0 Å². The summed E-state index contributed by atoms with van der Waals surface area (Å²) in [4.78, 5) is 11.5. The van der Waals surface area contributed by atoms with Crippen molar-refractivity contribution in [1.29, 1.82) is 0 Å². The molecule has 15 heavy (non-hydrogen) atoms. The summed E-state index contributed by atoms with van der Waals surface area (Å²) in [5, 5.41) is 3.84. The Morgan fingerprint density at radius 3 is 2.93 bits per heavy atom. The van der Waals surface area contributed by atoms with Gasteiger partial charge in [0.25, 0.3) is 5.91 Å². The average Bonchev–Trinajstić information content (AvgIpc) is 2.17. The summed E-state index contributed by atoms with van der Waals surface area (Å²) in [5.74, 6) is 0.139. The summed E-state index contributed by atoms with van der Waals surface area (Å²) in [7, 11) is 1.87. The standard InChI is InChI=1S/C11H15N3O/c1-9(2)7-12-13-11(15)10-5-4-6-14(3)8-10/h4-9H,1-3H3/p+1. The van der Waals surface area contributed by atoms with Crippen molar-refractivity contribution >= 4 is 12.1 Å². The Bertz CT molecular complexity index is 372. The molecule has 0 bridgehead atoms. The highest BCUT2D eigenvalue weighted by Gasteiger charge is 2.07. The number of aryl methyl sites for hydroxylation is 1. The first kappa shape index (κ1) is 11.4. The van der Waals surface area contributed by atoms with E-state index in [1.165, 1.54) is 0 Å². The molecule has 1 heterocycles. The monoisotopic (exact) mass is 206 g/mol. The Labute approximate surface area is 89.6 Å². The normalized spacial score (nSPS) is 10.9. The van der Waals surface area contributed by atoms with Gasteiger partial charge in [-0.2, -0.15) is 5.10 Å². The molecule has 1 rings (SSSR count). The van der Waals surface area contributed by atoms with Crippen molar-refractivity contribution in [3.63, 3.8) is 0 Å². The van der Waals surface area contributed by atoms with E-state index in [9.17, 15) is 4.79 Å². The number of hydrogen-bond donors (Lipinski definition) is 1. The van der Waals surface area contributed by atoms with Crippen LogP contribution in [0.1, 0.15) is 24.2 Å². The lowest BCUT2D eigenvalue weighted by atomic mass is 10.2. The highest BCUT2D eigenvalue weighted by atomic mass is 16.2.